The standard InChI is InChI=1S/C17H16O/c1-12-7-9-16-14(11-12)8-10-15(17(16)18)13-5-3-2-4-6-13/h2-7,9,11,15H,8,10H2,1H3/t15-/m1/s1. The first kappa shape index (κ1) is 11.2. The first-order valence-corrected chi connectivity index (χ1v) is 6.44. The number of Topliss-reactive ketones (excluding diaryl/α,β-unsaturated/α-hetero) is 1. The Bertz CT molecular complexity index is 584. The van der Waals surface area contributed by atoms with Gasteiger partial charge in [0.1, 0.15) is 0 Å². The van der Waals surface area contributed by atoms with Crippen LogP contribution in [0.3, 0.4) is 0 Å². The van der Waals surface area contributed by atoms with Crippen LogP contribution in [0.25, 0.3) is 0 Å². The summed E-state index contributed by atoms with van der Waals surface area (Å²) in [5.74, 6) is 0.323. The highest BCUT2D eigenvalue weighted by Crippen LogP contribution is 2.32. The van der Waals surface area contributed by atoms with E-state index in [0.29, 0.717) is 0 Å². The van der Waals surface area contributed by atoms with Gasteiger partial charge in [0.05, 0.1) is 0 Å². The molecule has 2 aromatic rings. The van der Waals surface area contributed by atoms with Crippen LogP contribution in [0.2, 0.25) is 0 Å². The lowest BCUT2D eigenvalue weighted by atomic mass is 9.79. The van der Waals surface area contributed by atoms with Gasteiger partial charge in [-0.05, 0) is 30.9 Å². The van der Waals surface area contributed by atoms with Gasteiger partial charge in [-0.15, -0.1) is 0 Å². The van der Waals surface area contributed by atoms with Crippen molar-refractivity contribution in [1.82, 2.24) is 0 Å². The summed E-state index contributed by atoms with van der Waals surface area (Å²) in [5, 5.41) is 0. The Kier molecular flexibility index (Phi) is 2.75. The Hall–Kier alpha value is -1.89. The molecule has 90 valence electrons. The van der Waals surface area contributed by atoms with Crippen molar-refractivity contribution in [2.75, 3.05) is 0 Å². The number of carbonyl (C=O) groups is 1. The summed E-state index contributed by atoms with van der Waals surface area (Å²) in [6, 6.07) is 16.3. The third-order valence-electron chi connectivity index (χ3n) is 3.75. The van der Waals surface area contributed by atoms with E-state index in [9.17, 15) is 4.79 Å². The normalized spacial score (nSPS) is 18.5. The lowest BCUT2D eigenvalue weighted by Gasteiger charge is -2.24. The molecule has 1 aliphatic carbocycles. The third-order valence-corrected chi connectivity index (χ3v) is 3.75. The van der Waals surface area contributed by atoms with Gasteiger partial charge in [0, 0.05) is 11.5 Å². The van der Waals surface area contributed by atoms with Gasteiger partial charge in [-0.2, -0.15) is 0 Å². The number of aryl methyl sites for hydroxylation is 2. The average molecular weight is 236 g/mol. The molecule has 0 fully saturated rings. The second-order valence-electron chi connectivity index (χ2n) is 5.03. The van der Waals surface area contributed by atoms with E-state index >= 15 is 0 Å². The highest BCUT2D eigenvalue weighted by Gasteiger charge is 2.28. The highest BCUT2D eigenvalue weighted by molar-refractivity contribution is 6.03. The Balaban J connectivity index is 2.00. The Morgan fingerprint density at radius 3 is 2.61 bits per heavy atom. The third kappa shape index (κ3) is 1.86. The fourth-order valence-corrected chi connectivity index (χ4v) is 2.79. The molecule has 1 nitrogen and oxygen atoms in total. The van der Waals surface area contributed by atoms with Crippen LogP contribution in [0.4, 0.5) is 0 Å². The van der Waals surface area contributed by atoms with E-state index in [0.717, 1.165) is 24.0 Å². The molecule has 0 radical (unpaired) electrons. The van der Waals surface area contributed by atoms with Crippen molar-refractivity contribution in [3.05, 3.63) is 70.8 Å². The molecular formula is C17H16O. The summed E-state index contributed by atoms with van der Waals surface area (Å²) in [6.45, 7) is 2.08. The SMILES string of the molecule is Cc1ccc2c(c1)CC[C@H](c1ccccc1)C2=O. The molecule has 0 saturated heterocycles. The van der Waals surface area contributed by atoms with Crippen molar-refractivity contribution in [2.24, 2.45) is 0 Å². The summed E-state index contributed by atoms with van der Waals surface area (Å²) >= 11 is 0. The molecule has 0 saturated carbocycles. The first-order chi connectivity index (χ1) is 8.75. The molecule has 0 bridgehead atoms. The molecule has 1 atom stereocenters. The molecule has 1 heteroatoms. The maximum atomic E-state index is 12.5. The van der Waals surface area contributed by atoms with Crippen LogP contribution in [-0.4, -0.2) is 5.78 Å². The molecule has 0 spiro atoms. The van der Waals surface area contributed by atoms with Crippen LogP contribution in [-0.2, 0) is 6.42 Å². The smallest absolute Gasteiger partial charge is 0.170 e. The number of hydrogen-bond donors (Lipinski definition) is 0. The van der Waals surface area contributed by atoms with Gasteiger partial charge in [0.2, 0.25) is 0 Å². The molecule has 2 aromatic carbocycles. The molecule has 0 aliphatic heterocycles. The van der Waals surface area contributed by atoms with E-state index in [1.165, 1.54) is 11.1 Å². The summed E-state index contributed by atoms with van der Waals surface area (Å²) in [4.78, 5) is 12.5. The van der Waals surface area contributed by atoms with Crippen LogP contribution in [0.15, 0.2) is 48.5 Å². The van der Waals surface area contributed by atoms with E-state index in [1.807, 2.05) is 30.3 Å². The van der Waals surface area contributed by atoms with E-state index in [2.05, 4.69) is 25.1 Å². The summed E-state index contributed by atoms with van der Waals surface area (Å²) < 4.78 is 0. The Morgan fingerprint density at radius 1 is 1.06 bits per heavy atom. The Labute approximate surface area is 107 Å². The number of rotatable bonds is 1. The van der Waals surface area contributed by atoms with Crippen molar-refractivity contribution < 1.29 is 4.79 Å². The maximum Gasteiger partial charge on any atom is 0.170 e. The Morgan fingerprint density at radius 2 is 1.83 bits per heavy atom. The summed E-state index contributed by atoms with van der Waals surface area (Å²) in [7, 11) is 0. The number of carbonyl (C=O) groups excluding carboxylic acids is 1. The zero-order chi connectivity index (χ0) is 12.5. The second-order valence-corrected chi connectivity index (χ2v) is 5.03. The number of hydrogen-bond acceptors (Lipinski definition) is 1. The van der Waals surface area contributed by atoms with Crippen LogP contribution in [0, 0.1) is 6.92 Å². The lowest BCUT2D eigenvalue weighted by molar-refractivity contribution is 0.0946. The fraction of sp³-hybridized carbons (Fsp3) is 0.235. The minimum absolute atomic E-state index is 0.0430. The van der Waals surface area contributed by atoms with Crippen molar-refractivity contribution in [3.8, 4) is 0 Å². The number of ketones is 1. The minimum atomic E-state index is 0.0430. The molecular weight excluding hydrogens is 220 g/mol. The van der Waals surface area contributed by atoms with Gasteiger partial charge >= 0.3 is 0 Å². The second kappa shape index (κ2) is 4.41. The molecule has 3 rings (SSSR count). The molecule has 0 unspecified atom stereocenters. The van der Waals surface area contributed by atoms with Gasteiger partial charge in [-0.25, -0.2) is 0 Å². The lowest BCUT2D eigenvalue weighted by Crippen LogP contribution is -2.20. The van der Waals surface area contributed by atoms with Crippen molar-refractivity contribution >= 4 is 5.78 Å². The van der Waals surface area contributed by atoms with Crippen molar-refractivity contribution in [3.63, 3.8) is 0 Å². The predicted molar refractivity (Wildman–Crippen MR) is 73.0 cm³/mol. The molecule has 18 heavy (non-hydrogen) atoms. The van der Waals surface area contributed by atoms with Crippen molar-refractivity contribution in [2.45, 2.75) is 25.7 Å². The van der Waals surface area contributed by atoms with Gasteiger partial charge in [0.25, 0.3) is 0 Å². The maximum absolute atomic E-state index is 12.5. The van der Waals surface area contributed by atoms with E-state index in [4.69, 9.17) is 0 Å². The number of fused-ring (bicyclic) bond motifs is 1. The topological polar surface area (TPSA) is 17.1 Å². The highest BCUT2D eigenvalue weighted by atomic mass is 16.1. The molecule has 0 N–H and O–H groups in total. The monoisotopic (exact) mass is 236 g/mol. The summed E-state index contributed by atoms with van der Waals surface area (Å²) in [6.07, 6.45) is 1.93. The molecule has 1 aliphatic rings. The van der Waals surface area contributed by atoms with Gasteiger partial charge in [-0.3, -0.25) is 4.79 Å². The molecule has 0 heterocycles. The zero-order valence-electron chi connectivity index (χ0n) is 10.5. The van der Waals surface area contributed by atoms with Crippen LogP contribution in [0.5, 0.6) is 0 Å². The average Bonchev–Trinajstić information content (AvgIpc) is 2.40. The zero-order valence-corrected chi connectivity index (χ0v) is 10.5. The van der Waals surface area contributed by atoms with Gasteiger partial charge in [0.15, 0.2) is 5.78 Å². The van der Waals surface area contributed by atoms with Gasteiger partial charge < -0.3 is 0 Å². The van der Waals surface area contributed by atoms with E-state index in [-0.39, 0.29) is 11.7 Å². The van der Waals surface area contributed by atoms with E-state index in [1.54, 1.807) is 0 Å². The minimum Gasteiger partial charge on any atom is -0.293 e. The molecule has 0 aromatic heterocycles. The molecule has 0 amide bonds. The van der Waals surface area contributed by atoms with Crippen LogP contribution >= 0.6 is 0 Å². The van der Waals surface area contributed by atoms with Crippen molar-refractivity contribution in [1.29, 1.82) is 0 Å². The number of benzene rings is 2. The van der Waals surface area contributed by atoms with E-state index < -0.39 is 0 Å². The quantitative estimate of drug-likeness (QED) is 0.733. The van der Waals surface area contributed by atoms with Crippen LogP contribution < -0.4 is 0 Å². The first-order valence-electron chi connectivity index (χ1n) is 6.44. The fourth-order valence-electron chi connectivity index (χ4n) is 2.79. The largest absolute Gasteiger partial charge is 0.293 e. The van der Waals surface area contributed by atoms with Gasteiger partial charge in [-0.1, -0.05) is 54.1 Å². The summed E-state index contributed by atoms with van der Waals surface area (Å²) in [5.41, 5.74) is 4.52. The predicted octanol–water partition coefficient (Wildman–Crippen LogP) is 3.91. The van der Waals surface area contributed by atoms with Crippen LogP contribution in [0.1, 0.15) is 39.4 Å².